The second kappa shape index (κ2) is 12.5. The molecule has 0 fully saturated rings. The van der Waals surface area contributed by atoms with Gasteiger partial charge < -0.3 is 0 Å². The predicted octanol–water partition coefficient (Wildman–Crippen LogP) is -8.21. The van der Waals surface area contributed by atoms with Gasteiger partial charge in [-0.15, -0.1) is 0 Å². The Hall–Kier alpha value is 0.713. The molecule has 19 heteroatoms. The van der Waals surface area contributed by atoms with E-state index in [1.165, 1.54) is 0 Å². The molecule has 19 heavy (non-hydrogen) atoms. The molecule has 0 aromatic carbocycles. The Morgan fingerprint density at radius 2 is 0.474 bits per heavy atom. The average Bonchev–Trinajstić information content (AvgIpc) is 1.66. The molecule has 0 amide bonds. The van der Waals surface area contributed by atoms with E-state index in [-0.39, 0.29) is 0 Å². The van der Waals surface area contributed by atoms with Gasteiger partial charge in [-0.3, -0.25) is 0 Å². The van der Waals surface area contributed by atoms with Gasteiger partial charge in [0.05, 0.1) is 0 Å². The Morgan fingerprint density at radius 3 is 0.474 bits per heavy atom. The number of hydrogen-bond acceptors (Lipinski definition) is 15. The molecule has 0 atom stereocenters. The topological polar surface area (TPSA) is 292 Å². The SMILES string of the molecule is [O]=[W](=[O])([O-])[O-].[O]=[W](=[O])([O-])[O-].[O]=[W](=[O])([O-])[O-].[O]=[W](=[O])=[O]. The molecule has 0 N–H and O–H groups in total. The molecular formula is O15W4-6. The molecule has 0 rings (SSSR count). The van der Waals surface area contributed by atoms with Gasteiger partial charge in [-0.1, -0.05) is 0 Å². The fraction of sp³-hybridized carbons (Fsp3) is 0. The van der Waals surface area contributed by atoms with Crippen LogP contribution in [0, 0.1) is 0 Å². The van der Waals surface area contributed by atoms with Gasteiger partial charge in [0.1, 0.15) is 0 Å². The van der Waals surface area contributed by atoms with Crippen molar-refractivity contribution in [3.8, 4) is 0 Å². The average molecular weight is 975 g/mol. The third kappa shape index (κ3) is 10300. The molecular weight excluding hydrogens is 975 g/mol. The minimum absolute atomic E-state index is 4.28. The number of hydrogen-bond donors (Lipinski definition) is 0. The normalized spacial score (nSPS) is 10.4. The van der Waals surface area contributed by atoms with E-state index in [1.807, 2.05) is 0 Å². The van der Waals surface area contributed by atoms with E-state index in [1.54, 1.807) is 0 Å². The first kappa shape index (κ1) is 28.0. The summed E-state index contributed by atoms with van der Waals surface area (Å²) in [5.41, 5.74) is 0. The molecule has 0 saturated carbocycles. The Balaban J connectivity index is -0.0000000793. The summed E-state index contributed by atoms with van der Waals surface area (Å²) in [7, 11) is 0. The predicted molar refractivity (Wildman–Crippen MR) is 6.18 cm³/mol. The van der Waals surface area contributed by atoms with Crippen molar-refractivity contribution in [1.29, 1.82) is 0 Å². The van der Waals surface area contributed by atoms with Crippen molar-refractivity contribution >= 4 is 0 Å². The molecule has 0 unspecified atom stereocenters. The van der Waals surface area contributed by atoms with Gasteiger partial charge in [0.2, 0.25) is 0 Å². The van der Waals surface area contributed by atoms with E-state index in [0.717, 1.165) is 0 Å². The fourth-order valence-corrected chi connectivity index (χ4v) is 0. The molecule has 0 bridgehead atoms. The van der Waals surface area contributed by atoms with Gasteiger partial charge in [0.15, 0.2) is 0 Å². The van der Waals surface area contributed by atoms with Crippen LogP contribution in [0.4, 0.5) is 0 Å². The van der Waals surface area contributed by atoms with Crippen LogP contribution in [0.3, 0.4) is 0 Å². The van der Waals surface area contributed by atoms with Crippen molar-refractivity contribution in [3.05, 3.63) is 0 Å². The van der Waals surface area contributed by atoms with Crippen LogP contribution in [-0.2, 0) is 98.0 Å². The van der Waals surface area contributed by atoms with Crippen LogP contribution in [0.5, 0.6) is 0 Å². The summed E-state index contributed by atoms with van der Waals surface area (Å²) in [5, 5.41) is 0. The summed E-state index contributed by atoms with van der Waals surface area (Å²) in [6.07, 6.45) is 0. The van der Waals surface area contributed by atoms with Crippen LogP contribution in [0.1, 0.15) is 0 Å². The van der Waals surface area contributed by atoms with Gasteiger partial charge >= 0.3 is 121 Å². The zero-order valence-corrected chi connectivity index (χ0v) is 19.5. The Labute approximate surface area is 119 Å². The van der Waals surface area contributed by atoms with Gasteiger partial charge in [0, 0.05) is 0 Å². The third-order valence-corrected chi connectivity index (χ3v) is 0. The molecule has 0 aliphatic heterocycles. The standard InChI is InChI=1S/15O.4W/q;;;;;;;;;6*-1;;;;. The fourth-order valence-electron chi connectivity index (χ4n) is 0. The van der Waals surface area contributed by atoms with Crippen LogP contribution in [0.15, 0.2) is 0 Å². The van der Waals surface area contributed by atoms with Crippen molar-refractivity contribution in [2.45, 2.75) is 0 Å². The first-order valence-electron chi connectivity index (χ1n) is 2.50. The molecule has 15 nitrogen and oxygen atoms in total. The summed E-state index contributed by atoms with van der Waals surface area (Å²) in [4.78, 5) is 0. The summed E-state index contributed by atoms with van der Waals surface area (Å²) >= 11 is -22.8. The van der Waals surface area contributed by atoms with Crippen molar-refractivity contribution in [1.82, 2.24) is 0 Å². The van der Waals surface area contributed by atoms with Crippen LogP contribution in [-0.4, -0.2) is 0 Å². The van der Waals surface area contributed by atoms with Crippen molar-refractivity contribution < 1.29 is 121 Å². The second-order valence-electron chi connectivity index (χ2n) is 1.43. The molecule has 0 spiro atoms. The van der Waals surface area contributed by atoms with Crippen LogP contribution in [0.2, 0.25) is 0 Å². The van der Waals surface area contributed by atoms with Gasteiger partial charge in [-0.05, 0) is 0 Å². The summed E-state index contributed by atoms with van der Waals surface area (Å²) in [6.45, 7) is 0. The Morgan fingerprint density at radius 1 is 0.474 bits per heavy atom. The molecule has 0 radical (unpaired) electrons. The van der Waals surface area contributed by atoms with E-state index in [2.05, 4.69) is 0 Å². The summed E-state index contributed by atoms with van der Waals surface area (Å²) in [5.74, 6) is 0. The van der Waals surface area contributed by atoms with Gasteiger partial charge in [0.25, 0.3) is 0 Å². The molecule has 0 aliphatic rings. The Kier molecular flexibility index (Phi) is 18.3. The first-order valence-corrected chi connectivity index (χ1v) is 20.5. The zero-order valence-electron chi connectivity index (χ0n) is 7.76. The molecule has 0 aliphatic carbocycles. The first-order chi connectivity index (χ1) is 7.73. The second-order valence-corrected chi connectivity index (χ2v) is 11.7. The van der Waals surface area contributed by atoms with Crippen molar-refractivity contribution in [2.75, 3.05) is 0 Å². The zero-order chi connectivity index (χ0) is 17.1. The molecule has 0 aromatic heterocycles. The minimum atomic E-state index is -6.17. The van der Waals surface area contributed by atoms with Crippen LogP contribution < -0.4 is 22.6 Å². The van der Waals surface area contributed by atoms with E-state index in [0.29, 0.717) is 0 Å². The summed E-state index contributed by atoms with van der Waals surface area (Å²) in [6, 6.07) is 0. The maximum atomic E-state index is 8.65. The monoisotopic (exact) mass is 976 g/mol. The molecule has 0 heterocycles. The van der Waals surface area contributed by atoms with Gasteiger partial charge in [-0.25, -0.2) is 0 Å². The van der Waals surface area contributed by atoms with E-state index >= 15 is 0 Å². The quantitative estimate of drug-likeness (QED) is 0.218. The molecule has 0 aromatic rings. The van der Waals surface area contributed by atoms with E-state index in [9.17, 15) is 0 Å². The van der Waals surface area contributed by atoms with Crippen molar-refractivity contribution in [3.63, 3.8) is 0 Å². The van der Waals surface area contributed by atoms with E-state index in [4.69, 9.17) is 53.1 Å². The van der Waals surface area contributed by atoms with Crippen LogP contribution in [0.25, 0.3) is 0 Å². The third-order valence-electron chi connectivity index (χ3n) is 0. The van der Waals surface area contributed by atoms with Crippen molar-refractivity contribution in [2.24, 2.45) is 0 Å². The van der Waals surface area contributed by atoms with Crippen LogP contribution >= 0.6 is 0 Å². The Bertz CT molecular complexity index is 502. The maximum absolute atomic E-state index is 8.65. The molecule has 0 saturated heterocycles. The van der Waals surface area contributed by atoms with Gasteiger partial charge in [-0.2, -0.15) is 0 Å². The van der Waals surface area contributed by atoms with E-state index < -0.39 is 67.4 Å². The summed E-state index contributed by atoms with van der Waals surface area (Å²) < 4.78 is 130. The number of rotatable bonds is 0. The molecule has 120 valence electrons.